The molecule has 1 aliphatic heterocycles. The average molecular weight is 477 g/mol. The molecule has 0 unspecified atom stereocenters. The van der Waals surface area contributed by atoms with Crippen LogP contribution in [0.25, 0.3) is 12.2 Å². The lowest BCUT2D eigenvalue weighted by Gasteiger charge is -2.22. The van der Waals surface area contributed by atoms with Crippen molar-refractivity contribution in [3.05, 3.63) is 131 Å². The topological polar surface area (TPSA) is 68.3 Å². The number of benzene rings is 2. The third-order valence-corrected chi connectivity index (χ3v) is 5.67. The molecule has 6 nitrogen and oxygen atoms in total. The molecule has 0 spiro atoms. The Morgan fingerprint density at radius 2 is 1.03 bits per heavy atom. The predicted octanol–water partition coefficient (Wildman–Crippen LogP) is 5.21. The first-order valence-corrected chi connectivity index (χ1v) is 11.9. The summed E-state index contributed by atoms with van der Waals surface area (Å²) in [4.78, 5) is 9.02. The van der Waals surface area contributed by atoms with Crippen molar-refractivity contribution in [2.45, 2.75) is 13.2 Å². The lowest BCUT2D eigenvalue weighted by Crippen LogP contribution is -2.36. The first-order valence-electron chi connectivity index (χ1n) is 11.9. The Morgan fingerprint density at radius 1 is 0.583 bits per heavy atom. The summed E-state index contributed by atoms with van der Waals surface area (Å²) in [6.45, 7) is 2.44. The van der Waals surface area contributed by atoms with Gasteiger partial charge >= 0.3 is 0 Å². The van der Waals surface area contributed by atoms with E-state index in [0.717, 1.165) is 45.4 Å². The van der Waals surface area contributed by atoms with Crippen LogP contribution in [0, 0.1) is 0 Å². The van der Waals surface area contributed by atoms with E-state index < -0.39 is 0 Å². The molecular weight excluding hydrogens is 448 g/mol. The van der Waals surface area contributed by atoms with Gasteiger partial charge in [0.25, 0.3) is 0 Å². The Morgan fingerprint density at radius 3 is 1.39 bits per heavy atom. The predicted molar refractivity (Wildman–Crippen MR) is 142 cm³/mol. The molecule has 1 fully saturated rings. The van der Waals surface area contributed by atoms with Crippen LogP contribution >= 0.6 is 0 Å². The minimum Gasteiger partial charge on any atom is -0.487 e. The molecule has 3 heterocycles. The molecule has 0 bridgehead atoms. The van der Waals surface area contributed by atoms with E-state index in [1.165, 1.54) is 0 Å². The summed E-state index contributed by atoms with van der Waals surface area (Å²) < 4.78 is 11.6. The minimum atomic E-state index is 0.530. The summed E-state index contributed by atoms with van der Waals surface area (Å²) in [5.74, 6) is 1.51. The standard InChI is InChI=1S/C30H28N4O2/c1-3-7-23(8-4-1)21-35-29-13-11-25(33-19-29)15-27-17-32-28(18-31-27)16-26-12-14-30(20-34-26)36-22-24-9-5-2-6-10-24/h1-16,19-20,31-32H,17-18,21-22H2. The van der Waals surface area contributed by atoms with E-state index in [4.69, 9.17) is 9.47 Å². The maximum Gasteiger partial charge on any atom is 0.138 e. The zero-order valence-corrected chi connectivity index (χ0v) is 19.9. The van der Waals surface area contributed by atoms with Gasteiger partial charge in [-0.15, -0.1) is 0 Å². The smallest absolute Gasteiger partial charge is 0.138 e. The second-order valence-corrected chi connectivity index (χ2v) is 8.43. The van der Waals surface area contributed by atoms with E-state index in [1.54, 1.807) is 12.4 Å². The molecule has 2 aromatic carbocycles. The maximum atomic E-state index is 5.82. The molecule has 0 saturated carbocycles. The molecule has 180 valence electrons. The minimum absolute atomic E-state index is 0.530. The molecule has 1 aliphatic rings. The number of nitrogens with zero attached hydrogens (tertiary/aromatic N) is 2. The number of aromatic nitrogens is 2. The van der Waals surface area contributed by atoms with E-state index >= 15 is 0 Å². The van der Waals surface area contributed by atoms with Gasteiger partial charge in [-0.3, -0.25) is 9.97 Å². The summed E-state index contributed by atoms with van der Waals surface area (Å²) >= 11 is 0. The molecule has 5 rings (SSSR count). The molecule has 1 saturated heterocycles. The van der Waals surface area contributed by atoms with Crippen LogP contribution in [-0.4, -0.2) is 23.1 Å². The SMILES string of the molecule is C(=C1CNC(=Cc2ccc(OCc3ccccc3)cn2)CN1)c1ccc(OCc2ccccc2)cn1. The number of pyridine rings is 2. The first kappa shape index (κ1) is 23.2. The molecule has 0 radical (unpaired) electrons. The second-order valence-electron chi connectivity index (χ2n) is 8.43. The van der Waals surface area contributed by atoms with E-state index in [-0.39, 0.29) is 0 Å². The van der Waals surface area contributed by atoms with Crippen LogP contribution in [0.15, 0.2) is 109 Å². The van der Waals surface area contributed by atoms with Gasteiger partial charge in [0.2, 0.25) is 0 Å². The summed E-state index contributed by atoms with van der Waals surface area (Å²) in [7, 11) is 0. The average Bonchev–Trinajstić information content (AvgIpc) is 2.94. The number of nitrogens with one attached hydrogen (secondary N) is 2. The van der Waals surface area contributed by atoms with Gasteiger partial charge in [0, 0.05) is 11.4 Å². The highest BCUT2D eigenvalue weighted by molar-refractivity contribution is 5.54. The lowest BCUT2D eigenvalue weighted by atomic mass is 10.2. The van der Waals surface area contributed by atoms with E-state index in [0.29, 0.717) is 26.3 Å². The van der Waals surface area contributed by atoms with Crippen LogP contribution in [-0.2, 0) is 13.2 Å². The Bertz CT molecular complexity index is 1190. The molecular formula is C30H28N4O2. The van der Waals surface area contributed by atoms with Gasteiger partial charge in [-0.25, -0.2) is 0 Å². The maximum absolute atomic E-state index is 5.82. The van der Waals surface area contributed by atoms with Crippen LogP contribution in [0.1, 0.15) is 22.5 Å². The number of rotatable bonds is 8. The van der Waals surface area contributed by atoms with Gasteiger partial charge in [-0.1, -0.05) is 60.7 Å². The Kier molecular flexibility index (Phi) is 7.54. The van der Waals surface area contributed by atoms with Crippen molar-refractivity contribution in [1.29, 1.82) is 0 Å². The third kappa shape index (κ3) is 6.73. The molecule has 4 aromatic rings. The first-order chi connectivity index (χ1) is 17.8. The molecule has 0 aliphatic carbocycles. The van der Waals surface area contributed by atoms with Gasteiger partial charge in [0.05, 0.1) is 36.9 Å². The monoisotopic (exact) mass is 476 g/mol. The molecule has 6 heteroatoms. The second kappa shape index (κ2) is 11.7. The van der Waals surface area contributed by atoms with Crippen molar-refractivity contribution in [1.82, 2.24) is 20.6 Å². The fourth-order valence-corrected chi connectivity index (χ4v) is 3.71. The Hall–Kier alpha value is -4.58. The van der Waals surface area contributed by atoms with Crippen LogP contribution in [0.3, 0.4) is 0 Å². The van der Waals surface area contributed by atoms with Gasteiger partial charge in [0.1, 0.15) is 24.7 Å². The molecule has 36 heavy (non-hydrogen) atoms. The van der Waals surface area contributed by atoms with Crippen molar-refractivity contribution in [3.63, 3.8) is 0 Å². The Balaban J connectivity index is 1.10. The van der Waals surface area contributed by atoms with Gasteiger partial charge in [-0.05, 0) is 47.5 Å². The number of piperazine rings is 1. The van der Waals surface area contributed by atoms with Crippen LogP contribution in [0.2, 0.25) is 0 Å². The summed E-state index contributed by atoms with van der Waals surface area (Å²) in [6.07, 6.45) is 7.61. The van der Waals surface area contributed by atoms with Crippen molar-refractivity contribution in [3.8, 4) is 11.5 Å². The van der Waals surface area contributed by atoms with Crippen molar-refractivity contribution < 1.29 is 9.47 Å². The summed E-state index contributed by atoms with van der Waals surface area (Å²) in [6, 6.07) is 28.0. The van der Waals surface area contributed by atoms with Crippen LogP contribution in [0.4, 0.5) is 0 Å². The molecule has 0 atom stereocenters. The lowest BCUT2D eigenvalue weighted by molar-refractivity contribution is 0.305. The highest BCUT2D eigenvalue weighted by Gasteiger charge is 2.09. The highest BCUT2D eigenvalue weighted by atomic mass is 16.5. The van der Waals surface area contributed by atoms with Crippen LogP contribution < -0.4 is 20.1 Å². The number of hydrogen-bond donors (Lipinski definition) is 2. The normalized spacial score (nSPS) is 15.2. The summed E-state index contributed by atoms with van der Waals surface area (Å²) in [5.41, 5.74) is 6.18. The Labute approximate surface area is 211 Å². The summed E-state index contributed by atoms with van der Waals surface area (Å²) in [5, 5.41) is 6.91. The fraction of sp³-hybridized carbons (Fsp3) is 0.133. The quantitative estimate of drug-likeness (QED) is 0.364. The molecule has 0 amide bonds. The van der Waals surface area contributed by atoms with Gasteiger partial charge < -0.3 is 20.1 Å². The van der Waals surface area contributed by atoms with Crippen molar-refractivity contribution >= 4 is 12.2 Å². The number of ether oxygens (including phenoxy) is 2. The van der Waals surface area contributed by atoms with Crippen molar-refractivity contribution in [2.75, 3.05) is 13.1 Å². The number of hydrogen-bond acceptors (Lipinski definition) is 6. The van der Waals surface area contributed by atoms with E-state index in [9.17, 15) is 0 Å². The largest absolute Gasteiger partial charge is 0.487 e. The molecule has 2 N–H and O–H groups in total. The molecule has 2 aromatic heterocycles. The highest BCUT2D eigenvalue weighted by Crippen LogP contribution is 2.16. The van der Waals surface area contributed by atoms with Gasteiger partial charge in [0.15, 0.2) is 0 Å². The third-order valence-electron chi connectivity index (χ3n) is 5.67. The van der Waals surface area contributed by atoms with E-state index in [2.05, 4.69) is 20.6 Å². The van der Waals surface area contributed by atoms with Crippen LogP contribution in [0.5, 0.6) is 11.5 Å². The van der Waals surface area contributed by atoms with Gasteiger partial charge in [-0.2, -0.15) is 0 Å². The van der Waals surface area contributed by atoms with E-state index in [1.807, 2.05) is 97.1 Å². The zero-order chi connectivity index (χ0) is 24.4. The van der Waals surface area contributed by atoms with Crippen molar-refractivity contribution in [2.24, 2.45) is 0 Å². The zero-order valence-electron chi connectivity index (χ0n) is 19.9. The fourth-order valence-electron chi connectivity index (χ4n) is 3.71.